The van der Waals surface area contributed by atoms with Crippen molar-refractivity contribution in [3.63, 3.8) is 0 Å². The summed E-state index contributed by atoms with van der Waals surface area (Å²) in [5.74, 6) is -0.886. The highest BCUT2D eigenvalue weighted by Gasteiger charge is 2.05. The van der Waals surface area contributed by atoms with Crippen molar-refractivity contribution in [3.8, 4) is 0 Å². The number of benzene rings is 1. The first kappa shape index (κ1) is 12.8. The van der Waals surface area contributed by atoms with E-state index >= 15 is 0 Å². The average molecular weight is 198 g/mol. The van der Waals surface area contributed by atoms with E-state index in [4.69, 9.17) is 5.11 Å². The number of carbonyl (C=O) groups is 1. The van der Waals surface area contributed by atoms with Crippen LogP contribution in [0.1, 0.15) is 29.8 Å². The van der Waals surface area contributed by atoms with Gasteiger partial charge in [-0.3, -0.25) is 4.79 Å². The highest BCUT2D eigenvalue weighted by Crippen LogP contribution is 2.09. The van der Waals surface area contributed by atoms with E-state index < -0.39 is 18.2 Å². The third-order valence-electron chi connectivity index (χ3n) is 1.64. The molecule has 0 aromatic heterocycles. The maximum Gasteiger partial charge on any atom is 0.188 e. The minimum atomic E-state index is -0.581. The molecule has 1 N–H and O–H groups in total. The number of carbonyl (C=O) groups excluding carboxylic acids is 1. The smallest absolute Gasteiger partial charge is 0.188 e. The first-order chi connectivity index (χ1) is 6.65. The number of ketones is 1. The molecule has 0 aliphatic carbocycles. The van der Waals surface area contributed by atoms with Crippen LogP contribution in [-0.4, -0.2) is 17.5 Å². The molecule has 0 saturated carbocycles. The largest absolute Gasteiger partial charge is 0.388 e. The molecule has 0 atom stereocenters. The van der Waals surface area contributed by atoms with Crippen molar-refractivity contribution in [2.24, 2.45) is 0 Å². The molecule has 14 heavy (non-hydrogen) atoms. The number of Topliss-reactive ketones (excluding diaryl/α,β-unsaturated/α-hetero) is 1. The monoisotopic (exact) mass is 198 g/mol. The summed E-state index contributed by atoms with van der Waals surface area (Å²) in [5.41, 5.74) is 0.699. The Hall–Kier alpha value is -1.22. The summed E-state index contributed by atoms with van der Waals surface area (Å²) in [6, 6.07) is 4.14. The zero-order chi connectivity index (χ0) is 11.1. The predicted molar refractivity (Wildman–Crippen MR) is 53.9 cm³/mol. The molecule has 0 unspecified atom stereocenters. The number of aliphatic hydroxyl groups excluding tert-OH is 1. The number of hydrogen-bond acceptors (Lipinski definition) is 2. The average Bonchev–Trinajstić information content (AvgIpc) is 2.24. The second-order valence-electron chi connectivity index (χ2n) is 2.55. The molecule has 2 nitrogen and oxygen atoms in total. The minimum Gasteiger partial charge on any atom is -0.388 e. The van der Waals surface area contributed by atoms with E-state index in [0.717, 1.165) is 6.07 Å². The maximum absolute atomic E-state index is 12.8. The van der Waals surface area contributed by atoms with Gasteiger partial charge in [-0.1, -0.05) is 26.0 Å². The summed E-state index contributed by atoms with van der Waals surface area (Å²) in [7, 11) is 0. The minimum absolute atomic E-state index is 0.209. The van der Waals surface area contributed by atoms with Gasteiger partial charge < -0.3 is 5.11 Å². The van der Waals surface area contributed by atoms with Crippen molar-refractivity contribution in [1.29, 1.82) is 0 Å². The summed E-state index contributed by atoms with van der Waals surface area (Å²) < 4.78 is 12.8. The molecule has 1 rings (SSSR count). The normalized spacial score (nSPS) is 8.93. The standard InChI is InChI=1S/C9H9FO2.C2H6/c1-6-2-3-7(4-8(6)10)9(12)5-11;1-2/h2-4,11H,5H2,1H3;1-2H3. The fourth-order valence-corrected chi connectivity index (χ4v) is 0.858. The van der Waals surface area contributed by atoms with Crippen molar-refractivity contribution >= 4 is 5.78 Å². The van der Waals surface area contributed by atoms with E-state index in [0.29, 0.717) is 5.56 Å². The Bertz CT molecular complexity index is 308. The molecule has 3 heteroatoms. The molecular weight excluding hydrogens is 183 g/mol. The molecule has 0 bridgehead atoms. The van der Waals surface area contributed by atoms with Crippen molar-refractivity contribution in [1.82, 2.24) is 0 Å². The maximum atomic E-state index is 12.8. The Morgan fingerprint density at radius 1 is 1.43 bits per heavy atom. The highest BCUT2D eigenvalue weighted by atomic mass is 19.1. The van der Waals surface area contributed by atoms with Crippen LogP contribution in [0.15, 0.2) is 18.2 Å². The van der Waals surface area contributed by atoms with Gasteiger partial charge in [-0.05, 0) is 18.6 Å². The second kappa shape index (κ2) is 6.27. The summed E-state index contributed by atoms with van der Waals surface area (Å²) >= 11 is 0. The molecule has 0 fully saturated rings. The van der Waals surface area contributed by atoms with Gasteiger partial charge in [0.05, 0.1) is 0 Å². The Labute approximate surface area is 83.4 Å². The zero-order valence-electron chi connectivity index (χ0n) is 8.67. The summed E-state index contributed by atoms with van der Waals surface area (Å²) in [6.07, 6.45) is 0. The van der Waals surface area contributed by atoms with E-state index in [1.54, 1.807) is 6.92 Å². The lowest BCUT2D eigenvalue weighted by atomic mass is 10.1. The molecule has 0 aliphatic rings. The lowest BCUT2D eigenvalue weighted by Gasteiger charge is -1.99. The molecule has 1 aromatic rings. The summed E-state index contributed by atoms with van der Waals surface area (Å²) in [4.78, 5) is 10.9. The van der Waals surface area contributed by atoms with Gasteiger partial charge in [0.1, 0.15) is 12.4 Å². The van der Waals surface area contributed by atoms with Crippen LogP contribution >= 0.6 is 0 Å². The Morgan fingerprint density at radius 3 is 2.43 bits per heavy atom. The Balaban J connectivity index is 0.000000791. The van der Waals surface area contributed by atoms with Gasteiger partial charge >= 0.3 is 0 Å². The zero-order valence-corrected chi connectivity index (χ0v) is 8.67. The van der Waals surface area contributed by atoms with Gasteiger partial charge in [-0.15, -0.1) is 0 Å². The number of halogens is 1. The van der Waals surface area contributed by atoms with Gasteiger partial charge in [-0.2, -0.15) is 0 Å². The first-order valence-corrected chi connectivity index (χ1v) is 4.55. The number of hydrogen-bond donors (Lipinski definition) is 1. The molecule has 78 valence electrons. The topological polar surface area (TPSA) is 37.3 Å². The van der Waals surface area contributed by atoms with Gasteiger partial charge in [0.2, 0.25) is 0 Å². The van der Waals surface area contributed by atoms with Crippen molar-refractivity contribution < 1.29 is 14.3 Å². The van der Waals surface area contributed by atoms with Gasteiger partial charge in [0.15, 0.2) is 5.78 Å². The van der Waals surface area contributed by atoms with E-state index in [1.807, 2.05) is 13.8 Å². The SMILES string of the molecule is CC.Cc1ccc(C(=O)CO)cc1F. The van der Waals surface area contributed by atoms with Crippen LogP contribution in [0.4, 0.5) is 4.39 Å². The Kier molecular flexibility index (Phi) is 5.72. The van der Waals surface area contributed by atoms with Crippen LogP contribution in [0.5, 0.6) is 0 Å². The quantitative estimate of drug-likeness (QED) is 0.740. The van der Waals surface area contributed by atoms with Crippen molar-refractivity contribution in [2.45, 2.75) is 20.8 Å². The van der Waals surface area contributed by atoms with Gasteiger partial charge in [0, 0.05) is 5.56 Å². The van der Waals surface area contributed by atoms with Crippen LogP contribution in [0.2, 0.25) is 0 Å². The molecule has 0 heterocycles. The van der Waals surface area contributed by atoms with Crippen LogP contribution in [0.3, 0.4) is 0 Å². The summed E-state index contributed by atoms with van der Waals surface area (Å²) in [6.45, 7) is 5.03. The molecule has 0 spiro atoms. The van der Waals surface area contributed by atoms with Crippen LogP contribution < -0.4 is 0 Å². The third kappa shape index (κ3) is 3.26. The van der Waals surface area contributed by atoms with E-state index in [-0.39, 0.29) is 5.56 Å². The molecule has 1 aromatic carbocycles. The third-order valence-corrected chi connectivity index (χ3v) is 1.64. The molecular formula is C11H15FO2. The fraction of sp³-hybridized carbons (Fsp3) is 0.364. The molecule has 0 radical (unpaired) electrons. The molecule has 0 amide bonds. The number of aryl methyl sites for hydroxylation is 1. The Morgan fingerprint density at radius 2 is 2.00 bits per heavy atom. The number of aliphatic hydroxyl groups is 1. The predicted octanol–water partition coefficient (Wildman–Crippen LogP) is 2.34. The highest BCUT2D eigenvalue weighted by molar-refractivity contribution is 5.96. The number of rotatable bonds is 2. The van der Waals surface area contributed by atoms with Gasteiger partial charge in [0.25, 0.3) is 0 Å². The van der Waals surface area contributed by atoms with Crippen molar-refractivity contribution in [2.75, 3.05) is 6.61 Å². The van der Waals surface area contributed by atoms with E-state index in [1.165, 1.54) is 12.1 Å². The van der Waals surface area contributed by atoms with Crippen LogP contribution in [0.25, 0.3) is 0 Å². The summed E-state index contributed by atoms with van der Waals surface area (Å²) in [5, 5.41) is 8.48. The second-order valence-corrected chi connectivity index (χ2v) is 2.55. The van der Waals surface area contributed by atoms with Crippen LogP contribution in [0, 0.1) is 12.7 Å². The lowest BCUT2D eigenvalue weighted by molar-refractivity contribution is 0.0903. The van der Waals surface area contributed by atoms with Gasteiger partial charge in [-0.25, -0.2) is 4.39 Å². The van der Waals surface area contributed by atoms with Crippen molar-refractivity contribution in [3.05, 3.63) is 35.1 Å². The molecule has 0 aliphatic heterocycles. The van der Waals surface area contributed by atoms with Crippen LogP contribution in [-0.2, 0) is 0 Å². The van der Waals surface area contributed by atoms with E-state index in [2.05, 4.69) is 0 Å². The lowest BCUT2D eigenvalue weighted by Crippen LogP contribution is -2.04. The first-order valence-electron chi connectivity index (χ1n) is 4.55. The fourth-order valence-electron chi connectivity index (χ4n) is 0.858. The molecule has 0 saturated heterocycles. The van der Waals surface area contributed by atoms with E-state index in [9.17, 15) is 9.18 Å².